The third kappa shape index (κ3) is 3.88. The van der Waals surface area contributed by atoms with Crippen LogP contribution in [0, 0.1) is 6.92 Å². The van der Waals surface area contributed by atoms with E-state index in [-0.39, 0.29) is 5.91 Å². The van der Waals surface area contributed by atoms with Gasteiger partial charge >= 0.3 is 0 Å². The summed E-state index contributed by atoms with van der Waals surface area (Å²) in [6.07, 6.45) is 3.56. The van der Waals surface area contributed by atoms with Gasteiger partial charge in [-0.05, 0) is 38.3 Å². The number of benzene rings is 1. The lowest BCUT2D eigenvalue weighted by Crippen LogP contribution is -2.35. The summed E-state index contributed by atoms with van der Waals surface area (Å²) in [6, 6.07) is 7.84. The molecule has 94 valence electrons. The van der Waals surface area contributed by atoms with Crippen LogP contribution in [0.5, 0.6) is 0 Å². The number of likely N-dealkylation sites (tertiary alicyclic amines) is 1. The quantitative estimate of drug-likeness (QED) is 0.725. The summed E-state index contributed by atoms with van der Waals surface area (Å²) in [6.45, 7) is 7.88. The fourth-order valence-corrected chi connectivity index (χ4v) is 1.98. The first-order valence-corrected chi connectivity index (χ1v) is 6.63. The largest absolute Gasteiger partial charge is 0.339 e. The van der Waals surface area contributed by atoms with E-state index in [1.54, 1.807) is 0 Å². The summed E-state index contributed by atoms with van der Waals surface area (Å²) in [4.78, 5) is 14.0. The normalized spacial score (nSPS) is 14.9. The minimum atomic E-state index is 0.190. The lowest BCUT2D eigenvalue weighted by molar-refractivity contribution is 0.0724. The standard InChI is InChI=1S/C13H17NO.C2H6/c1-11-5-7-12(8-6-11)13(15)14-9-3-2-4-10-14;1-2/h5-8H,2-4,9-10H2,1H3;1-2H3. The predicted octanol–water partition coefficient (Wildman–Crippen LogP) is 3.65. The van der Waals surface area contributed by atoms with Crippen LogP contribution in [0.2, 0.25) is 0 Å². The summed E-state index contributed by atoms with van der Waals surface area (Å²) in [7, 11) is 0. The van der Waals surface area contributed by atoms with Gasteiger partial charge in [0.2, 0.25) is 0 Å². The van der Waals surface area contributed by atoms with Crippen molar-refractivity contribution < 1.29 is 4.79 Å². The van der Waals surface area contributed by atoms with Gasteiger partial charge in [0.05, 0.1) is 0 Å². The van der Waals surface area contributed by atoms with E-state index in [1.807, 2.05) is 49.9 Å². The van der Waals surface area contributed by atoms with E-state index in [2.05, 4.69) is 0 Å². The second-order valence-corrected chi connectivity index (χ2v) is 4.22. The molecule has 1 aromatic rings. The Bertz CT molecular complexity index is 336. The molecule has 1 aliphatic rings. The molecular weight excluding hydrogens is 210 g/mol. The maximum atomic E-state index is 12.0. The Labute approximate surface area is 105 Å². The summed E-state index contributed by atoms with van der Waals surface area (Å²) in [5.41, 5.74) is 2.02. The lowest BCUT2D eigenvalue weighted by Gasteiger charge is -2.26. The Morgan fingerprint density at radius 2 is 1.53 bits per heavy atom. The van der Waals surface area contributed by atoms with Crippen molar-refractivity contribution in [1.29, 1.82) is 0 Å². The number of aryl methyl sites for hydroxylation is 1. The SMILES string of the molecule is CC.Cc1ccc(C(=O)N2CCCCC2)cc1. The van der Waals surface area contributed by atoms with Gasteiger partial charge in [-0.3, -0.25) is 4.79 Å². The van der Waals surface area contributed by atoms with Crippen LogP contribution in [0.15, 0.2) is 24.3 Å². The Kier molecular flexibility index (Phi) is 5.75. The lowest BCUT2D eigenvalue weighted by atomic mass is 10.1. The molecule has 0 aliphatic carbocycles. The zero-order valence-corrected chi connectivity index (χ0v) is 11.2. The molecule has 2 nitrogen and oxygen atoms in total. The third-order valence-corrected chi connectivity index (χ3v) is 2.94. The van der Waals surface area contributed by atoms with E-state index < -0.39 is 0 Å². The van der Waals surface area contributed by atoms with E-state index >= 15 is 0 Å². The number of amides is 1. The maximum absolute atomic E-state index is 12.0. The Hall–Kier alpha value is -1.31. The van der Waals surface area contributed by atoms with Gasteiger partial charge in [-0.1, -0.05) is 31.5 Å². The topological polar surface area (TPSA) is 20.3 Å². The first-order valence-electron chi connectivity index (χ1n) is 6.63. The zero-order valence-electron chi connectivity index (χ0n) is 11.2. The molecule has 0 atom stereocenters. The van der Waals surface area contributed by atoms with Gasteiger partial charge in [-0.15, -0.1) is 0 Å². The molecule has 0 spiro atoms. The summed E-state index contributed by atoms with van der Waals surface area (Å²) in [5.74, 6) is 0.190. The molecule has 0 aromatic heterocycles. The molecular formula is C15H23NO. The van der Waals surface area contributed by atoms with Gasteiger partial charge in [-0.2, -0.15) is 0 Å². The second-order valence-electron chi connectivity index (χ2n) is 4.22. The fourth-order valence-electron chi connectivity index (χ4n) is 1.98. The van der Waals surface area contributed by atoms with E-state index in [1.165, 1.54) is 12.0 Å². The average molecular weight is 233 g/mol. The van der Waals surface area contributed by atoms with Crippen molar-refractivity contribution in [2.45, 2.75) is 40.0 Å². The van der Waals surface area contributed by atoms with Crippen LogP contribution in [0.25, 0.3) is 0 Å². The Balaban J connectivity index is 0.000000686. The van der Waals surface area contributed by atoms with E-state index in [0.717, 1.165) is 31.5 Å². The smallest absolute Gasteiger partial charge is 0.253 e. The molecule has 1 aliphatic heterocycles. The van der Waals surface area contributed by atoms with Gasteiger partial charge < -0.3 is 4.90 Å². The highest BCUT2D eigenvalue weighted by Crippen LogP contribution is 2.13. The van der Waals surface area contributed by atoms with Gasteiger partial charge in [0.15, 0.2) is 0 Å². The van der Waals surface area contributed by atoms with Crippen molar-refractivity contribution >= 4 is 5.91 Å². The third-order valence-electron chi connectivity index (χ3n) is 2.94. The zero-order chi connectivity index (χ0) is 12.7. The van der Waals surface area contributed by atoms with Crippen molar-refractivity contribution in [1.82, 2.24) is 4.90 Å². The maximum Gasteiger partial charge on any atom is 0.253 e. The molecule has 0 unspecified atom stereocenters. The molecule has 0 bridgehead atoms. The van der Waals surface area contributed by atoms with Gasteiger partial charge in [0.1, 0.15) is 0 Å². The number of hydrogen-bond donors (Lipinski definition) is 0. The first-order chi connectivity index (χ1) is 8.27. The average Bonchev–Trinajstić information content (AvgIpc) is 2.42. The fraction of sp³-hybridized carbons (Fsp3) is 0.533. The van der Waals surface area contributed by atoms with Crippen LogP contribution in [0.4, 0.5) is 0 Å². The predicted molar refractivity (Wildman–Crippen MR) is 72.3 cm³/mol. The van der Waals surface area contributed by atoms with Crippen molar-refractivity contribution in [3.05, 3.63) is 35.4 Å². The van der Waals surface area contributed by atoms with Crippen molar-refractivity contribution in [2.24, 2.45) is 0 Å². The highest BCUT2D eigenvalue weighted by molar-refractivity contribution is 5.94. The number of rotatable bonds is 1. The molecule has 1 fully saturated rings. The van der Waals surface area contributed by atoms with Crippen molar-refractivity contribution in [2.75, 3.05) is 13.1 Å². The molecule has 0 N–H and O–H groups in total. The molecule has 1 saturated heterocycles. The number of nitrogens with zero attached hydrogens (tertiary/aromatic N) is 1. The highest BCUT2D eigenvalue weighted by atomic mass is 16.2. The van der Waals surface area contributed by atoms with Crippen LogP contribution >= 0.6 is 0 Å². The monoisotopic (exact) mass is 233 g/mol. The molecule has 0 saturated carbocycles. The minimum Gasteiger partial charge on any atom is -0.339 e. The summed E-state index contributed by atoms with van der Waals surface area (Å²) >= 11 is 0. The summed E-state index contributed by atoms with van der Waals surface area (Å²) in [5, 5.41) is 0. The molecule has 1 amide bonds. The van der Waals surface area contributed by atoms with Gasteiger partial charge in [0.25, 0.3) is 5.91 Å². The Morgan fingerprint density at radius 1 is 1.00 bits per heavy atom. The molecule has 1 heterocycles. The molecule has 1 aromatic carbocycles. The molecule has 0 radical (unpaired) electrons. The Morgan fingerprint density at radius 3 is 2.06 bits per heavy atom. The molecule has 17 heavy (non-hydrogen) atoms. The van der Waals surface area contributed by atoms with Crippen LogP contribution in [-0.4, -0.2) is 23.9 Å². The second kappa shape index (κ2) is 7.10. The first kappa shape index (κ1) is 13.8. The van der Waals surface area contributed by atoms with Crippen molar-refractivity contribution in [3.63, 3.8) is 0 Å². The highest BCUT2D eigenvalue weighted by Gasteiger charge is 2.17. The number of piperidine rings is 1. The van der Waals surface area contributed by atoms with Crippen molar-refractivity contribution in [3.8, 4) is 0 Å². The summed E-state index contributed by atoms with van der Waals surface area (Å²) < 4.78 is 0. The van der Waals surface area contributed by atoms with Crippen LogP contribution < -0.4 is 0 Å². The van der Waals surface area contributed by atoms with E-state index in [4.69, 9.17) is 0 Å². The van der Waals surface area contributed by atoms with Crippen LogP contribution in [0.1, 0.15) is 49.0 Å². The minimum absolute atomic E-state index is 0.190. The number of hydrogen-bond acceptors (Lipinski definition) is 1. The molecule has 2 heteroatoms. The van der Waals surface area contributed by atoms with Crippen LogP contribution in [0.3, 0.4) is 0 Å². The van der Waals surface area contributed by atoms with Gasteiger partial charge in [-0.25, -0.2) is 0 Å². The number of carbonyl (C=O) groups is 1. The van der Waals surface area contributed by atoms with Crippen LogP contribution in [-0.2, 0) is 0 Å². The van der Waals surface area contributed by atoms with E-state index in [0.29, 0.717) is 0 Å². The van der Waals surface area contributed by atoms with Gasteiger partial charge in [0, 0.05) is 18.7 Å². The van der Waals surface area contributed by atoms with E-state index in [9.17, 15) is 4.79 Å². The molecule has 2 rings (SSSR count). The number of carbonyl (C=O) groups excluding carboxylic acids is 1.